The van der Waals surface area contributed by atoms with Crippen LogP contribution in [-0.4, -0.2) is 78.1 Å². The molecule has 1 aliphatic carbocycles. The molecule has 3 N–H and O–H groups in total. The van der Waals surface area contributed by atoms with Crippen LogP contribution in [0.15, 0.2) is 37.1 Å². The van der Waals surface area contributed by atoms with Gasteiger partial charge in [-0.2, -0.15) is 4.98 Å². The first-order chi connectivity index (χ1) is 16.9. The molecule has 1 aliphatic heterocycles. The lowest BCUT2D eigenvalue weighted by Crippen LogP contribution is -2.51. The van der Waals surface area contributed by atoms with Crippen LogP contribution in [0.4, 0.5) is 17.5 Å². The molecule has 4 atom stereocenters. The van der Waals surface area contributed by atoms with E-state index in [9.17, 15) is 10.2 Å². The van der Waals surface area contributed by atoms with E-state index in [1.807, 2.05) is 36.0 Å². The summed E-state index contributed by atoms with van der Waals surface area (Å²) in [5.74, 6) is 2.47. The molecule has 0 radical (unpaired) electrons. The van der Waals surface area contributed by atoms with Crippen LogP contribution in [0.1, 0.15) is 31.2 Å². The number of ether oxygens (including phenoxy) is 2. The number of aliphatic hydroxyl groups excluding tert-OH is 2. The minimum Gasteiger partial charge on any atom is -0.497 e. The van der Waals surface area contributed by atoms with E-state index in [2.05, 4.69) is 16.9 Å². The van der Waals surface area contributed by atoms with Gasteiger partial charge in [-0.1, -0.05) is 19.4 Å². The largest absolute Gasteiger partial charge is 0.497 e. The summed E-state index contributed by atoms with van der Waals surface area (Å²) in [4.78, 5) is 14.9. The van der Waals surface area contributed by atoms with E-state index in [0.29, 0.717) is 29.8 Å². The SMILES string of the molecule is C=CC(O)N(C)C1CCCCC1Nc1ncc2c(n1)N(C)C(O)N(c1cc(OC)cc(OC)c1)C2. The van der Waals surface area contributed by atoms with Crippen molar-refractivity contribution in [3.63, 3.8) is 0 Å². The Kier molecular flexibility index (Phi) is 7.63. The highest BCUT2D eigenvalue weighted by Crippen LogP contribution is 2.35. The zero-order valence-corrected chi connectivity index (χ0v) is 20.9. The molecule has 2 aromatic rings. The van der Waals surface area contributed by atoms with Crippen molar-refractivity contribution < 1.29 is 19.7 Å². The summed E-state index contributed by atoms with van der Waals surface area (Å²) >= 11 is 0. The highest BCUT2D eigenvalue weighted by atomic mass is 16.5. The molecule has 0 saturated heterocycles. The van der Waals surface area contributed by atoms with Crippen LogP contribution in [0, 0.1) is 0 Å². The quantitative estimate of drug-likeness (QED) is 0.382. The molecule has 10 heteroatoms. The third kappa shape index (κ3) is 5.14. The second kappa shape index (κ2) is 10.7. The van der Waals surface area contributed by atoms with Gasteiger partial charge in [0, 0.05) is 54.8 Å². The third-order valence-electron chi connectivity index (χ3n) is 7.00. The highest BCUT2D eigenvalue weighted by Gasteiger charge is 2.33. The normalized spacial score (nSPS) is 23.0. The Morgan fingerprint density at radius 2 is 1.89 bits per heavy atom. The molecule has 190 valence electrons. The smallest absolute Gasteiger partial charge is 0.224 e. The number of rotatable bonds is 8. The van der Waals surface area contributed by atoms with Crippen molar-refractivity contribution in [2.45, 2.75) is 56.9 Å². The monoisotopic (exact) mass is 484 g/mol. The van der Waals surface area contributed by atoms with Gasteiger partial charge < -0.3 is 34.8 Å². The Hall–Kier alpha value is -3.08. The maximum absolute atomic E-state index is 11.1. The zero-order chi connectivity index (χ0) is 25.1. The summed E-state index contributed by atoms with van der Waals surface area (Å²) in [5, 5.41) is 24.9. The fraction of sp³-hybridized carbons (Fsp3) is 0.520. The maximum atomic E-state index is 11.1. The second-order valence-electron chi connectivity index (χ2n) is 9.12. The van der Waals surface area contributed by atoms with Gasteiger partial charge in [-0.3, -0.25) is 4.90 Å². The fourth-order valence-corrected chi connectivity index (χ4v) is 4.95. The Labute approximate surface area is 206 Å². The molecule has 1 aromatic carbocycles. The molecule has 1 saturated carbocycles. The Bertz CT molecular complexity index is 1010. The van der Waals surface area contributed by atoms with E-state index in [1.54, 1.807) is 37.5 Å². The topological polar surface area (TPSA) is 106 Å². The number of methoxy groups -OCH3 is 2. The lowest BCUT2D eigenvalue weighted by atomic mass is 9.89. The van der Waals surface area contributed by atoms with Crippen LogP contribution < -0.4 is 24.6 Å². The van der Waals surface area contributed by atoms with Crippen LogP contribution in [0.5, 0.6) is 11.5 Å². The average molecular weight is 485 g/mol. The molecule has 0 spiro atoms. The molecule has 0 bridgehead atoms. The molecule has 10 nitrogen and oxygen atoms in total. The van der Waals surface area contributed by atoms with Crippen molar-refractivity contribution in [3.05, 3.63) is 42.6 Å². The van der Waals surface area contributed by atoms with Crippen molar-refractivity contribution >= 4 is 17.5 Å². The van der Waals surface area contributed by atoms with Gasteiger partial charge in [0.05, 0.1) is 20.8 Å². The number of aliphatic hydroxyl groups is 2. The predicted octanol–water partition coefficient (Wildman–Crippen LogP) is 2.39. The standard InChI is InChI=1S/C25H36N6O4/c1-6-22(32)29(2)21-10-8-7-9-20(21)27-24-26-14-16-15-31(25(33)30(3)23(16)28-24)17-11-18(34-4)13-19(12-17)35-5/h6,11-14,20-22,25,32-33H,1,7-10,15H2,2-5H3,(H,26,27,28). The molecule has 4 unspecified atom stereocenters. The van der Waals surface area contributed by atoms with Crippen LogP contribution in [0.25, 0.3) is 0 Å². The predicted molar refractivity (Wildman–Crippen MR) is 136 cm³/mol. The third-order valence-corrected chi connectivity index (χ3v) is 7.00. The summed E-state index contributed by atoms with van der Waals surface area (Å²) in [7, 11) is 6.92. The first-order valence-corrected chi connectivity index (χ1v) is 11.9. The van der Waals surface area contributed by atoms with E-state index in [0.717, 1.165) is 36.9 Å². The van der Waals surface area contributed by atoms with Crippen LogP contribution in [-0.2, 0) is 6.54 Å². The molecule has 2 heterocycles. The maximum Gasteiger partial charge on any atom is 0.224 e. The van der Waals surface area contributed by atoms with Gasteiger partial charge in [-0.05, 0) is 26.0 Å². The lowest BCUT2D eigenvalue weighted by molar-refractivity contribution is 0.0145. The molecule has 35 heavy (non-hydrogen) atoms. The lowest BCUT2D eigenvalue weighted by Gasteiger charge is -2.42. The van der Waals surface area contributed by atoms with Gasteiger partial charge in [0.1, 0.15) is 23.5 Å². The second-order valence-corrected chi connectivity index (χ2v) is 9.12. The number of likely N-dealkylation sites (N-methyl/N-ethyl adjacent to an activating group) is 1. The van der Waals surface area contributed by atoms with Gasteiger partial charge in [-0.15, -0.1) is 0 Å². The van der Waals surface area contributed by atoms with Crippen molar-refractivity contribution in [3.8, 4) is 11.5 Å². The number of anilines is 3. The molecular weight excluding hydrogens is 448 g/mol. The zero-order valence-electron chi connectivity index (χ0n) is 20.9. The highest BCUT2D eigenvalue weighted by molar-refractivity contribution is 5.62. The van der Waals surface area contributed by atoms with Crippen molar-refractivity contribution in [2.75, 3.05) is 43.4 Å². The Morgan fingerprint density at radius 1 is 1.20 bits per heavy atom. The van der Waals surface area contributed by atoms with E-state index in [1.165, 1.54) is 0 Å². The van der Waals surface area contributed by atoms with Gasteiger partial charge in [0.25, 0.3) is 0 Å². The molecule has 1 fully saturated rings. The number of benzene rings is 1. The van der Waals surface area contributed by atoms with E-state index < -0.39 is 12.6 Å². The molecule has 2 aliphatic rings. The number of nitrogens with one attached hydrogen (secondary N) is 1. The van der Waals surface area contributed by atoms with Crippen molar-refractivity contribution in [1.82, 2.24) is 14.9 Å². The molecular formula is C25H36N6O4. The Balaban J connectivity index is 1.56. The molecule has 0 amide bonds. The summed E-state index contributed by atoms with van der Waals surface area (Å²) in [6, 6.07) is 5.75. The average Bonchev–Trinajstić information content (AvgIpc) is 2.89. The van der Waals surface area contributed by atoms with E-state index in [4.69, 9.17) is 14.5 Å². The summed E-state index contributed by atoms with van der Waals surface area (Å²) in [6.07, 6.45) is 5.87. The molecule has 1 aromatic heterocycles. The summed E-state index contributed by atoms with van der Waals surface area (Å²) in [6.45, 7) is 4.14. The van der Waals surface area contributed by atoms with Crippen molar-refractivity contribution in [1.29, 1.82) is 0 Å². The minimum absolute atomic E-state index is 0.0981. The summed E-state index contributed by atoms with van der Waals surface area (Å²) < 4.78 is 10.8. The number of aromatic nitrogens is 2. The summed E-state index contributed by atoms with van der Waals surface area (Å²) in [5.41, 5.74) is 1.66. The number of fused-ring (bicyclic) bond motifs is 1. The molecule has 4 rings (SSSR count). The van der Waals surface area contributed by atoms with Gasteiger partial charge >= 0.3 is 0 Å². The Morgan fingerprint density at radius 3 is 2.54 bits per heavy atom. The van der Waals surface area contributed by atoms with E-state index in [-0.39, 0.29) is 12.1 Å². The van der Waals surface area contributed by atoms with E-state index >= 15 is 0 Å². The number of hydrogen-bond donors (Lipinski definition) is 3. The minimum atomic E-state index is -0.932. The number of hydrogen-bond acceptors (Lipinski definition) is 10. The fourth-order valence-electron chi connectivity index (χ4n) is 4.95. The van der Waals surface area contributed by atoms with Crippen molar-refractivity contribution in [2.24, 2.45) is 0 Å². The van der Waals surface area contributed by atoms with Crippen LogP contribution in [0.2, 0.25) is 0 Å². The first-order valence-electron chi connectivity index (χ1n) is 11.9. The first kappa shape index (κ1) is 25.0. The van der Waals surface area contributed by atoms with Gasteiger partial charge in [-0.25, -0.2) is 4.98 Å². The van der Waals surface area contributed by atoms with Gasteiger partial charge in [0.15, 0.2) is 0 Å². The number of nitrogens with zero attached hydrogens (tertiary/aromatic N) is 5. The van der Waals surface area contributed by atoms with Crippen LogP contribution >= 0.6 is 0 Å². The van der Waals surface area contributed by atoms with Crippen LogP contribution in [0.3, 0.4) is 0 Å². The van der Waals surface area contributed by atoms with Gasteiger partial charge in [0.2, 0.25) is 12.3 Å².